The molecule has 1 amide bonds. The van der Waals surface area contributed by atoms with Crippen LogP contribution in [-0.4, -0.2) is 37.2 Å². The monoisotopic (exact) mass is 253 g/mol. The van der Waals surface area contributed by atoms with Crippen LogP contribution in [0.1, 0.15) is 0 Å². The van der Waals surface area contributed by atoms with Gasteiger partial charge in [-0.3, -0.25) is 9.59 Å². The van der Waals surface area contributed by atoms with Gasteiger partial charge in [0, 0.05) is 12.7 Å². The van der Waals surface area contributed by atoms with E-state index >= 15 is 0 Å². The minimum Gasteiger partial charge on any atom is -0.480 e. The maximum atomic E-state index is 12.8. The molecule has 1 aliphatic heterocycles. The van der Waals surface area contributed by atoms with E-state index < -0.39 is 23.1 Å². The number of amides is 1. The highest BCUT2D eigenvalue weighted by Crippen LogP contribution is 2.31. The zero-order chi connectivity index (χ0) is 13.3. The number of carbonyl (C=O) groups is 2. The lowest BCUT2D eigenvalue weighted by atomic mass is 9.84. The number of carboxylic acids is 1. The van der Waals surface area contributed by atoms with Crippen LogP contribution in [0.3, 0.4) is 0 Å². The van der Waals surface area contributed by atoms with Gasteiger partial charge in [-0.05, 0) is 24.3 Å². The average molecular weight is 253 g/mol. The third-order valence-electron chi connectivity index (χ3n) is 3.03. The van der Waals surface area contributed by atoms with Gasteiger partial charge in [-0.2, -0.15) is 0 Å². The Labute approximate surface area is 103 Å². The molecule has 1 fully saturated rings. The maximum Gasteiger partial charge on any atom is 0.324 e. The molecule has 0 saturated carbocycles. The molecule has 1 heterocycles. The summed E-state index contributed by atoms with van der Waals surface area (Å²) in [5, 5.41) is 9.11. The number of halogens is 1. The summed E-state index contributed by atoms with van der Waals surface area (Å²) in [5.74, 6) is -2.18. The molecule has 0 radical (unpaired) electrons. The SMILES string of the molecule is CN(C(=O)C1(C(=O)O)COC1)c1ccc(F)cc1. The largest absolute Gasteiger partial charge is 0.480 e. The van der Waals surface area contributed by atoms with Crippen molar-refractivity contribution in [3.8, 4) is 0 Å². The minimum atomic E-state index is -1.51. The molecule has 0 spiro atoms. The number of aliphatic carboxylic acids is 1. The van der Waals surface area contributed by atoms with Crippen molar-refractivity contribution < 1.29 is 23.8 Å². The van der Waals surface area contributed by atoms with Gasteiger partial charge in [-0.15, -0.1) is 0 Å². The molecule has 1 aromatic carbocycles. The van der Waals surface area contributed by atoms with Crippen molar-refractivity contribution in [1.82, 2.24) is 0 Å². The van der Waals surface area contributed by atoms with Gasteiger partial charge in [-0.25, -0.2) is 4.39 Å². The van der Waals surface area contributed by atoms with Crippen molar-refractivity contribution in [3.05, 3.63) is 30.1 Å². The van der Waals surface area contributed by atoms with Crippen LogP contribution in [0.5, 0.6) is 0 Å². The van der Waals surface area contributed by atoms with Crippen molar-refractivity contribution in [2.75, 3.05) is 25.2 Å². The van der Waals surface area contributed by atoms with E-state index in [0.717, 1.165) is 0 Å². The number of benzene rings is 1. The van der Waals surface area contributed by atoms with Crippen LogP contribution >= 0.6 is 0 Å². The Morgan fingerprint density at radius 1 is 1.33 bits per heavy atom. The van der Waals surface area contributed by atoms with Crippen molar-refractivity contribution >= 4 is 17.6 Å². The molecule has 2 rings (SSSR count). The van der Waals surface area contributed by atoms with Gasteiger partial charge in [0.2, 0.25) is 5.91 Å². The Morgan fingerprint density at radius 2 is 1.89 bits per heavy atom. The fraction of sp³-hybridized carbons (Fsp3) is 0.333. The standard InChI is InChI=1S/C12H12FNO4/c1-14(9-4-2-8(13)3-5-9)10(15)12(11(16)17)6-18-7-12/h2-5H,6-7H2,1H3,(H,16,17). The van der Waals surface area contributed by atoms with Crippen LogP contribution in [0.25, 0.3) is 0 Å². The summed E-state index contributed by atoms with van der Waals surface area (Å²) in [4.78, 5) is 24.5. The van der Waals surface area contributed by atoms with E-state index in [-0.39, 0.29) is 13.2 Å². The number of hydrogen-bond donors (Lipinski definition) is 1. The Bertz CT molecular complexity index is 481. The third-order valence-corrected chi connectivity index (χ3v) is 3.03. The van der Waals surface area contributed by atoms with Crippen LogP contribution < -0.4 is 4.90 Å². The van der Waals surface area contributed by atoms with Gasteiger partial charge in [0.25, 0.3) is 0 Å². The van der Waals surface area contributed by atoms with Crippen LogP contribution in [-0.2, 0) is 14.3 Å². The molecule has 5 nitrogen and oxygen atoms in total. The van der Waals surface area contributed by atoms with E-state index in [1.807, 2.05) is 0 Å². The highest BCUT2D eigenvalue weighted by Gasteiger charge is 2.54. The summed E-state index contributed by atoms with van der Waals surface area (Å²) in [6.45, 7) is -0.264. The summed E-state index contributed by atoms with van der Waals surface area (Å²) < 4.78 is 17.6. The summed E-state index contributed by atoms with van der Waals surface area (Å²) in [7, 11) is 1.46. The first-order chi connectivity index (χ1) is 8.47. The molecule has 1 N–H and O–H groups in total. The molecule has 0 bridgehead atoms. The first kappa shape index (κ1) is 12.5. The Kier molecular flexibility index (Phi) is 3.04. The molecule has 0 atom stereocenters. The fourth-order valence-corrected chi connectivity index (χ4v) is 1.75. The lowest BCUT2D eigenvalue weighted by Crippen LogP contribution is -2.59. The molecule has 0 aliphatic carbocycles. The minimum absolute atomic E-state index is 0.132. The molecule has 96 valence electrons. The number of hydrogen-bond acceptors (Lipinski definition) is 3. The van der Waals surface area contributed by atoms with Crippen molar-refractivity contribution in [3.63, 3.8) is 0 Å². The van der Waals surface area contributed by atoms with Crippen LogP contribution in [0.4, 0.5) is 10.1 Å². The van der Waals surface area contributed by atoms with Gasteiger partial charge in [0.15, 0.2) is 5.41 Å². The lowest BCUT2D eigenvalue weighted by Gasteiger charge is -2.38. The number of nitrogens with zero attached hydrogens (tertiary/aromatic N) is 1. The first-order valence-corrected chi connectivity index (χ1v) is 5.32. The molecular weight excluding hydrogens is 241 g/mol. The zero-order valence-electron chi connectivity index (χ0n) is 9.72. The number of anilines is 1. The van der Waals surface area contributed by atoms with E-state index in [9.17, 15) is 14.0 Å². The second-order valence-electron chi connectivity index (χ2n) is 4.22. The second kappa shape index (κ2) is 4.38. The lowest BCUT2D eigenvalue weighted by molar-refractivity contribution is -0.183. The molecule has 1 saturated heterocycles. The van der Waals surface area contributed by atoms with Crippen molar-refractivity contribution in [1.29, 1.82) is 0 Å². The third kappa shape index (κ3) is 1.84. The number of rotatable bonds is 3. The van der Waals surface area contributed by atoms with E-state index in [0.29, 0.717) is 5.69 Å². The average Bonchev–Trinajstić information content (AvgIpc) is 2.27. The highest BCUT2D eigenvalue weighted by molar-refractivity contribution is 6.10. The summed E-state index contributed by atoms with van der Waals surface area (Å²) in [6, 6.07) is 5.26. The molecule has 18 heavy (non-hydrogen) atoms. The second-order valence-corrected chi connectivity index (χ2v) is 4.22. The normalized spacial score (nSPS) is 16.8. The molecule has 0 aromatic heterocycles. The van der Waals surface area contributed by atoms with Crippen molar-refractivity contribution in [2.24, 2.45) is 5.41 Å². The maximum absolute atomic E-state index is 12.8. The van der Waals surface area contributed by atoms with Gasteiger partial charge in [0.1, 0.15) is 5.82 Å². The molecule has 0 unspecified atom stereocenters. The Hall–Kier alpha value is -1.95. The summed E-state index contributed by atoms with van der Waals surface area (Å²) in [6.07, 6.45) is 0. The number of carboxylic acid groups (broad SMARTS) is 1. The summed E-state index contributed by atoms with van der Waals surface area (Å²) >= 11 is 0. The number of ether oxygens (including phenoxy) is 1. The van der Waals surface area contributed by atoms with Crippen LogP contribution in [0.2, 0.25) is 0 Å². The predicted molar refractivity (Wildman–Crippen MR) is 60.7 cm³/mol. The quantitative estimate of drug-likeness (QED) is 0.812. The predicted octanol–water partition coefficient (Wildman–Crippen LogP) is 0.890. The molecule has 1 aromatic rings. The zero-order valence-corrected chi connectivity index (χ0v) is 9.72. The van der Waals surface area contributed by atoms with Gasteiger partial charge < -0.3 is 14.7 Å². The first-order valence-electron chi connectivity index (χ1n) is 5.32. The molecule has 1 aliphatic rings. The molecule has 6 heteroatoms. The van der Waals surface area contributed by atoms with Gasteiger partial charge >= 0.3 is 5.97 Å². The van der Waals surface area contributed by atoms with E-state index in [2.05, 4.69) is 0 Å². The van der Waals surface area contributed by atoms with Gasteiger partial charge in [-0.1, -0.05) is 0 Å². The topological polar surface area (TPSA) is 66.8 Å². The Balaban J connectivity index is 2.23. The van der Waals surface area contributed by atoms with E-state index in [1.54, 1.807) is 0 Å². The highest BCUT2D eigenvalue weighted by atomic mass is 19.1. The van der Waals surface area contributed by atoms with Crippen molar-refractivity contribution in [2.45, 2.75) is 0 Å². The number of carbonyl (C=O) groups excluding carboxylic acids is 1. The van der Waals surface area contributed by atoms with Crippen LogP contribution in [0, 0.1) is 11.2 Å². The summed E-state index contributed by atoms with van der Waals surface area (Å²) in [5.41, 5.74) is -1.07. The fourth-order valence-electron chi connectivity index (χ4n) is 1.75. The molecular formula is C12H12FNO4. The Morgan fingerprint density at radius 3 is 2.28 bits per heavy atom. The van der Waals surface area contributed by atoms with Crippen LogP contribution in [0.15, 0.2) is 24.3 Å². The van der Waals surface area contributed by atoms with E-state index in [4.69, 9.17) is 9.84 Å². The smallest absolute Gasteiger partial charge is 0.324 e. The van der Waals surface area contributed by atoms with E-state index in [1.165, 1.54) is 36.2 Å². The van der Waals surface area contributed by atoms with Gasteiger partial charge in [0.05, 0.1) is 13.2 Å².